The number of rotatable bonds is 0. The first-order chi connectivity index (χ1) is 5.21. The lowest BCUT2D eigenvalue weighted by Crippen LogP contribution is -2.08. The van der Waals surface area contributed by atoms with Crippen molar-refractivity contribution >= 4 is 0 Å². The molecule has 1 aliphatic heterocycles. The fourth-order valence-electron chi connectivity index (χ4n) is 0.769. The van der Waals surface area contributed by atoms with Gasteiger partial charge in [0, 0.05) is 6.61 Å². The van der Waals surface area contributed by atoms with Gasteiger partial charge in [-0.1, -0.05) is 41.5 Å². The van der Waals surface area contributed by atoms with Crippen molar-refractivity contribution in [1.29, 1.82) is 0 Å². The van der Waals surface area contributed by atoms with Crippen LogP contribution in [0.5, 0.6) is 0 Å². The van der Waals surface area contributed by atoms with Crippen LogP contribution in [0.25, 0.3) is 0 Å². The summed E-state index contributed by atoms with van der Waals surface area (Å²) in [6.45, 7) is 14.4. The molecule has 0 radical (unpaired) electrons. The molecule has 1 fully saturated rings. The normalized spacial score (nSPS) is 19.1. The SMILES string of the molecule is CC.CC.CC1(C)CCOC1. The van der Waals surface area contributed by atoms with Crippen molar-refractivity contribution in [3.8, 4) is 0 Å². The van der Waals surface area contributed by atoms with Gasteiger partial charge in [-0.25, -0.2) is 0 Å². The lowest BCUT2D eigenvalue weighted by atomic mass is 9.94. The van der Waals surface area contributed by atoms with Gasteiger partial charge in [0.2, 0.25) is 0 Å². The second-order valence-corrected chi connectivity index (χ2v) is 2.97. The number of hydrogen-bond acceptors (Lipinski definition) is 1. The van der Waals surface area contributed by atoms with Crippen LogP contribution in [0.4, 0.5) is 0 Å². The Morgan fingerprint density at radius 3 is 1.55 bits per heavy atom. The third-order valence-corrected chi connectivity index (χ3v) is 1.42. The van der Waals surface area contributed by atoms with Gasteiger partial charge < -0.3 is 4.74 Å². The minimum Gasteiger partial charge on any atom is -0.381 e. The van der Waals surface area contributed by atoms with Gasteiger partial charge >= 0.3 is 0 Å². The number of hydrogen-bond donors (Lipinski definition) is 0. The molecule has 1 rings (SSSR count). The summed E-state index contributed by atoms with van der Waals surface area (Å²) in [6.07, 6.45) is 1.23. The highest BCUT2D eigenvalue weighted by Crippen LogP contribution is 2.25. The summed E-state index contributed by atoms with van der Waals surface area (Å²) < 4.78 is 5.16. The molecule has 1 saturated heterocycles. The van der Waals surface area contributed by atoms with Crippen LogP contribution in [0.15, 0.2) is 0 Å². The van der Waals surface area contributed by atoms with Crippen molar-refractivity contribution in [2.24, 2.45) is 5.41 Å². The zero-order chi connectivity index (χ0) is 9.33. The van der Waals surface area contributed by atoms with E-state index in [0.717, 1.165) is 13.2 Å². The van der Waals surface area contributed by atoms with Crippen molar-refractivity contribution in [2.45, 2.75) is 48.0 Å². The molecule has 70 valence electrons. The highest BCUT2D eigenvalue weighted by molar-refractivity contribution is 4.71. The molecule has 1 nitrogen and oxygen atoms in total. The molecule has 0 N–H and O–H groups in total. The molecule has 0 bridgehead atoms. The Bertz CT molecular complexity index is 59.3. The molecule has 1 heteroatoms. The van der Waals surface area contributed by atoms with Crippen LogP contribution >= 0.6 is 0 Å². The maximum atomic E-state index is 5.16. The molecule has 0 aromatic heterocycles. The highest BCUT2D eigenvalue weighted by Gasteiger charge is 2.22. The van der Waals surface area contributed by atoms with Crippen molar-refractivity contribution < 1.29 is 4.74 Å². The summed E-state index contributed by atoms with van der Waals surface area (Å²) in [5.41, 5.74) is 0.472. The van der Waals surface area contributed by atoms with Crippen LogP contribution in [0.3, 0.4) is 0 Å². The summed E-state index contributed by atoms with van der Waals surface area (Å²) >= 11 is 0. The molecule has 0 spiro atoms. The fraction of sp³-hybridized carbons (Fsp3) is 1.00. The van der Waals surface area contributed by atoms with E-state index in [4.69, 9.17) is 4.74 Å². The minimum absolute atomic E-state index is 0.472. The van der Waals surface area contributed by atoms with Crippen LogP contribution in [-0.4, -0.2) is 13.2 Å². The van der Waals surface area contributed by atoms with E-state index in [-0.39, 0.29) is 0 Å². The van der Waals surface area contributed by atoms with E-state index in [0.29, 0.717) is 5.41 Å². The average Bonchev–Trinajstić information content (AvgIpc) is 2.43. The van der Waals surface area contributed by atoms with E-state index in [9.17, 15) is 0 Å². The standard InChI is InChI=1S/C6H12O.2C2H6/c1-6(2)3-4-7-5-6;2*1-2/h3-5H2,1-2H3;2*1-2H3. The van der Waals surface area contributed by atoms with Crippen molar-refractivity contribution in [1.82, 2.24) is 0 Å². The molecule has 0 aromatic carbocycles. The molecule has 0 aromatic rings. The largest absolute Gasteiger partial charge is 0.381 e. The van der Waals surface area contributed by atoms with Crippen LogP contribution in [0.2, 0.25) is 0 Å². The van der Waals surface area contributed by atoms with E-state index >= 15 is 0 Å². The van der Waals surface area contributed by atoms with Gasteiger partial charge in [-0.3, -0.25) is 0 Å². The highest BCUT2D eigenvalue weighted by atomic mass is 16.5. The maximum absolute atomic E-state index is 5.16. The second-order valence-electron chi connectivity index (χ2n) is 2.97. The summed E-state index contributed by atoms with van der Waals surface area (Å²) in [4.78, 5) is 0. The Kier molecular flexibility index (Phi) is 9.92. The quantitative estimate of drug-likeness (QED) is 0.527. The molecule has 11 heavy (non-hydrogen) atoms. The summed E-state index contributed by atoms with van der Waals surface area (Å²) in [5.74, 6) is 0. The third-order valence-electron chi connectivity index (χ3n) is 1.42. The minimum atomic E-state index is 0.472. The van der Waals surface area contributed by atoms with Gasteiger partial charge in [-0.2, -0.15) is 0 Å². The lowest BCUT2D eigenvalue weighted by Gasteiger charge is -2.11. The summed E-state index contributed by atoms with van der Waals surface area (Å²) in [5, 5.41) is 0. The van der Waals surface area contributed by atoms with Crippen LogP contribution < -0.4 is 0 Å². The molecule has 0 saturated carbocycles. The first kappa shape index (κ1) is 13.5. The maximum Gasteiger partial charge on any atom is 0.0517 e. The fourth-order valence-corrected chi connectivity index (χ4v) is 0.769. The predicted octanol–water partition coefficient (Wildman–Crippen LogP) is 3.49. The van der Waals surface area contributed by atoms with E-state index in [1.54, 1.807) is 0 Å². The molecule has 0 amide bonds. The zero-order valence-corrected chi connectivity index (χ0v) is 9.03. The predicted molar refractivity (Wildman–Crippen MR) is 51.9 cm³/mol. The Balaban J connectivity index is 0. The molecular formula is C10H24O. The van der Waals surface area contributed by atoms with Gasteiger partial charge in [0.15, 0.2) is 0 Å². The van der Waals surface area contributed by atoms with E-state index in [2.05, 4.69) is 13.8 Å². The summed E-state index contributed by atoms with van der Waals surface area (Å²) in [7, 11) is 0. The van der Waals surface area contributed by atoms with Crippen LogP contribution in [0, 0.1) is 5.41 Å². The third kappa shape index (κ3) is 7.86. The first-order valence-electron chi connectivity index (χ1n) is 4.78. The van der Waals surface area contributed by atoms with Crippen molar-refractivity contribution in [3.05, 3.63) is 0 Å². The van der Waals surface area contributed by atoms with Gasteiger partial charge in [0.25, 0.3) is 0 Å². The lowest BCUT2D eigenvalue weighted by molar-refractivity contribution is 0.167. The first-order valence-corrected chi connectivity index (χ1v) is 4.78. The molecule has 1 aliphatic rings. The monoisotopic (exact) mass is 160 g/mol. The van der Waals surface area contributed by atoms with Crippen LogP contribution in [0.1, 0.15) is 48.0 Å². The Morgan fingerprint density at radius 1 is 1.00 bits per heavy atom. The molecule has 0 unspecified atom stereocenters. The van der Waals surface area contributed by atoms with E-state index < -0.39 is 0 Å². The van der Waals surface area contributed by atoms with Gasteiger partial charge in [0.05, 0.1) is 6.61 Å². The Morgan fingerprint density at radius 2 is 1.45 bits per heavy atom. The molecule has 0 aliphatic carbocycles. The van der Waals surface area contributed by atoms with Gasteiger partial charge in [-0.05, 0) is 11.8 Å². The zero-order valence-electron chi connectivity index (χ0n) is 9.03. The topological polar surface area (TPSA) is 9.23 Å². The van der Waals surface area contributed by atoms with Crippen molar-refractivity contribution in [3.63, 3.8) is 0 Å². The smallest absolute Gasteiger partial charge is 0.0517 e. The Labute approximate surface area is 72.1 Å². The molecular weight excluding hydrogens is 136 g/mol. The van der Waals surface area contributed by atoms with Gasteiger partial charge in [0.1, 0.15) is 0 Å². The van der Waals surface area contributed by atoms with Crippen LogP contribution in [-0.2, 0) is 4.74 Å². The van der Waals surface area contributed by atoms with Gasteiger partial charge in [-0.15, -0.1) is 0 Å². The van der Waals surface area contributed by atoms with E-state index in [1.807, 2.05) is 27.7 Å². The van der Waals surface area contributed by atoms with E-state index in [1.165, 1.54) is 6.42 Å². The average molecular weight is 160 g/mol. The molecule has 1 heterocycles. The number of ether oxygens (including phenoxy) is 1. The Hall–Kier alpha value is -0.0400. The molecule has 0 atom stereocenters. The summed E-state index contributed by atoms with van der Waals surface area (Å²) in [6, 6.07) is 0. The van der Waals surface area contributed by atoms with Crippen molar-refractivity contribution in [2.75, 3.05) is 13.2 Å². The second kappa shape index (κ2) is 8.06.